The molecule has 1 N–H and O–H groups in total. The number of alkyl halides is 3. The van der Waals surface area contributed by atoms with Gasteiger partial charge < -0.3 is 10.2 Å². The van der Waals surface area contributed by atoms with Crippen molar-refractivity contribution < 1.29 is 31.2 Å². The van der Waals surface area contributed by atoms with Crippen LogP contribution in [0.5, 0.6) is 0 Å². The number of amides is 2. The first-order valence-electron chi connectivity index (χ1n) is 16.1. The number of carbonyl (C=O) groups excluding carboxylic acids is 2. The highest BCUT2D eigenvalue weighted by Gasteiger charge is 2.37. The van der Waals surface area contributed by atoms with Crippen molar-refractivity contribution >= 4 is 50.7 Å². The lowest BCUT2D eigenvalue weighted by atomic mass is 10.0. The Balaban J connectivity index is 1.62. The van der Waals surface area contributed by atoms with Gasteiger partial charge in [-0.15, -0.1) is 0 Å². The van der Waals surface area contributed by atoms with Crippen LogP contribution in [0.25, 0.3) is 0 Å². The van der Waals surface area contributed by atoms with Gasteiger partial charge in [-0.3, -0.25) is 13.9 Å². The van der Waals surface area contributed by atoms with Crippen molar-refractivity contribution in [1.29, 1.82) is 0 Å². The summed E-state index contributed by atoms with van der Waals surface area (Å²) in [7, 11) is -4.61. The molecule has 13 heteroatoms. The first kappa shape index (κ1) is 37.2. The summed E-state index contributed by atoms with van der Waals surface area (Å²) in [6, 6.07) is 22.0. The third kappa shape index (κ3) is 8.99. The summed E-state index contributed by atoms with van der Waals surface area (Å²) in [6.45, 7) is 0.543. The van der Waals surface area contributed by atoms with Gasteiger partial charge in [0, 0.05) is 34.6 Å². The second kappa shape index (κ2) is 15.9. The molecule has 7 nitrogen and oxygen atoms in total. The number of sulfonamides is 1. The molecule has 50 heavy (non-hydrogen) atoms. The second-order valence-corrected chi connectivity index (χ2v) is 15.0. The van der Waals surface area contributed by atoms with Crippen LogP contribution in [0.3, 0.4) is 0 Å². The van der Waals surface area contributed by atoms with Crippen LogP contribution >= 0.6 is 23.2 Å². The standard InChI is InChI=1S/C37H36Cl2F3N3O4S/c1-25-17-19-30(20-18-25)50(48,49)45(29-14-7-11-27(22-29)37(40,41)42)24-35(46)44(23-31-32(38)15-8-16-33(31)39)34(21-26-9-3-2-4-10-26)36(47)43-28-12-5-6-13-28/h2-4,7-11,14-20,22,28,34H,5-6,12-13,21,23-24H2,1H3,(H,43,47). The van der Waals surface area contributed by atoms with Gasteiger partial charge in [0.05, 0.1) is 16.1 Å². The summed E-state index contributed by atoms with van der Waals surface area (Å²) >= 11 is 13.1. The van der Waals surface area contributed by atoms with E-state index in [1.54, 1.807) is 61.5 Å². The van der Waals surface area contributed by atoms with Crippen molar-refractivity contribution in [3.05, 3.63) is 129 Å². The van der Waals surface area contributed by atoms with Crippen LogP contribution in [0.4, 0.5) is 18.9 Å². The third-order valence-corrected chi connectivity index (χ3v) is 11.2. The average Bonchev–Trinajstić information content (AvgIpc) is 3.59. The molecule has 2 amide bonds. The molecule has 1 saturated carbocycles. The molecule has 0 bridgehead atoms. The van der Waals surface area contributed by atoms with Crippen molar-refractivity contribution in [2.75, 3.05) is 10.8 Å². The molecular weight excluding hydrogens is 710 g/mol. The van der Waals surface area contributed by atoms with Crippen molar-refractivity contribution in [3.8, 4) is 0 Å². The van der Waals surface area contributed by atoms with Crippen LogP contribution in [0.15, 0.2) is 102 Å². The number of benzene rings is 4. The Hall–Kier alpha value is -4.06. The first-order valence-corrected chi connectivity index (χ1v) is 18.3. The third-order valence-electron chi connectivity index (χ3n) is 8.71. The van der Waals surface area contributed by atoms with Gasteiger partial charge in [-0.05, 0) is 67.8 Å². The van der Waals surface area contributed by atoms with E-state index >= 15 is 0 Å². The summed E-state index contributed by atoms with van der Waals surface area (Å²) in [5, 5.41) is 3.49. The number of rotatable bonds is 12. The van der Waals surface area contributed by atoms with Crippen LogP contribution in [0.1, 0.15) is 47.9 Å². The van der Waals surface area contributed by atoms with Crippen LogP contribution in [0.2, 0.25) is 10.0 Å². The lowest BCUT2D eigenvalue weighted by Gasteiger charge is -2.34. The minimum Gasteiger partial charge on any atom is -0.352 e. The topological polar surface area (TPSA) is 86.8 Å². The predicted molar refractivity (Wildman–Crippen MR) is 188 cm³/mol. The van der Waals surface area contributed by atoms with E-state index in [1.807, 2.05) is 6.07 Å². The van der Waals surface area contributed by atoms with Crippen LogP contribution in [0, 0.1) is 6.92 Å². The minimum absolute atomic E-state index is 0.0570. The monoisotopic (exact) mass is 745 g/mol. The Morgan fingerprint density at radius 1 is 0.880 bits per heavy atom. The van der Waals surface area contributed by atoms with Crippen molar-refractivity contribution in [2.45, 2.75) is 68.7 Å². The number of hydrogen-bond acceptors (Lipinski definition) is 4. The zero-order valence-corrected chi connectivity index (χ0v) is 29.5. The molecular formula is C37H36Cl2F3N3O4S. The number of anilines is 1. The summed E-state index contributed by atoms with van der Waals surface area (Å²) in [5.41, 5.74) is 0.334. The maximum atomic E-state index is 14.7. The molecule has 264 valence electrons. The van der Waals surface area contributed by atoms with Crippen LogP contribution < -0.4 is 9.62 Å². The largest absolute Gasteiger partial charge is 0.416 e. The Morgan fingerprint density at radius 3 is 2.12 bits per heavy atom. The Kier molecular flexibility index (Phi) is 11.8. The van der Waals surface area contributed by atoms with E-state index in [9.17, 15) is 31.2 Å². The summed E-state index contributed by atoms with van der Waals surface area (Å²) < 4.78 is 70.6. The van der Waals surface area contributed by atoms with E-state index in [0.29, 0.717) is 15.9 Å². The Bertz CT molecular complexity index is 1900. The van der Waals surface area contributed by atoms with Crippen LogP contribution in [-0.2, 0) is 38.8 Å². The number of nitrogens with one attached hydrogen (secondary N) is 1. The van der Waals surface area contributed by atoms with Gasteiger partial charge >= 0.3 is 6.18 Å². The van der Waals surface area contributed by atoms with Gasteiger partial charge in [-0.25, -0.2) is 8.42 Å². The highest BCUT2D eigenvalue weighted by molar-refractivity contribution is 7.92. The number of nitrogens with zero attached hydrogens (tertiary/aromatic N) is 2. The Morgan fingerprint density at radius 2 is 1.50 bits per heavy atom. The molecule has 1 unspecified atom stereocenters. The van der Waals surface area contributed by atoms with Gasteiger partial charge in [-0.2, -0.15) is 13.2 Å². The SMILES string of the molecule is Cc1ccc(S(=O)(=O)N(CC(=O)N(Cc2c(Cl)cccc2Cl)C(Cc2ccccc2)C(=O)NC2CCCC2)c2cccc(C(F)(F)F)c2)cc1. The molecule has 1 fully saturated rings. The van der Waals surface area contributed by atoms with Gasteiger partial charge in [0.1, 0.15) is 12.6 Å². The fourth-order valence-corrected chi connectivity index (χ4v) is 7.90. The Labute approximate surface area is 300 Å². The number of hydrogen-bond donors (Lipinski definition) is 1. The summed E-state index contributed by atoms with van der Waals surface area (Å²) in [6.07, 6.45) is -1.31. The zero-order chi connectivity index (χ0) is 36.1. The van der Waals surface area contributed by atoms with Gasteiger partial charge in [-0.1, -0.05) is 96.2 Å². The molecule has 0 saturated heterocycles. The quantitative estimate of drug-likeness (QED) is 0.158. The molecule has 4 aromatic rings. The molecule has 1 atom stereocenters. The van der Waals surface area contributed by atoms with Gasteiger partial charge in [0.2, 0.25) is 11.8 Å². The number of aryl methyl sites for hydroxylation is 1. The lowest BCUT2D eigenvalue weighted by Crippen LogP contribution is -2.54. The fourth-order valence-electron chi connectivity index (χ4n) is 5.98. The molecule has 1 aliphatic rings. The maximum absolute atomic E-state index is 14.7. The number of halogens is 5. The molecule has 0 radical (unpaired) electrons. The second-order valence-electron chi connectivity index (χ2n) is 12.3. The minimum atomic E-state index is -4.79. The first-order chi connectivity index (χ1) is 23.7. The molecule has 5 rings (SSSR count). The average molecular weight is 747 g/mol. The van der Waals surface area contributed by atoms with Crippen molar-refractivity contribution in [2.24, 2.45) is 0 Å². The summed E-state index contributed by atoms with van der Waals surface area (Å²) in [4.78, 5) is 29.8. The van der Waals surface area contributed by atoms with E-state index in [-0.39, 0.29) is 39.6 Å². The maximum Gasteiger partial charge on any atom is 0.416 e. The van der Waals surface area contributed by atoms with Gasteiger partial charge in [0.15, 0.2) is 0 Å². The highest BCUT2D eigenvalue weighted by Crippen LogP contribution is 2.34. The van der Waals surface area contributed by atoms with E-state index in [4.69, 9.17) is 23.2 Å². The van der Waals surface area contributed by atoms with E-state index in [0.717, 1.165) is 48.9 Å². The predicted octanol–water partition coefficient (Wildman–Crippen LogP) is 8.21. The van der Waals surface area contributed by atoms with E-state index < -0.39 is 46.2 Å². The zero-order valence-electron chi connectivity index (χ0n) is 27.2. The van der Waals surface area contributed by atoms with Crippen LogP contribution in [-0.4, -0.2) is 43.8 Å². The smallest absolute Gasteiger partial charge is 0.352 e. The highest BCUT2D eigenvalue weighted by atomic mass is 35.5. The van der Waals surface area contributed by atoms with E-state index in [2.05, 4.69) is 5.32 Å². The molecule has 1 aliphatic carbocycles. The number of carbonyl (C=O) groups is 2. The van der Waals surface area contributed by atoms with Crippen molar-refractivity contribution in [3.63, 3.8) is 0 Å². The fraction of sp³-hybridized carbons (Fsp3) is 0.297. The molecule has 0 heterocycles. The molecule has 0 spiro atoms. The molecule has 0 aromatic heterocycles. The molecule has 0 aliphatic heterocycles. The lowest BCUT2D eigenvalue weighted by molar-refractivity contribution is -0.140. The normalized spacial score (nSPS) is 14.3. The van der Waals surface area contributed by atoms with Crippen molar-refractivity contribution in [1.82, 2.24) is 10.2 Å². The summed E-state index contributed by atoms with van der Waals surface area (Å²) in [5.74, 6) is -1.30. The van der Waals surface area contributed by atoms with E-state index in [1.165, 1.54) is 23.1 Å². The molecule has 4 aromatic carbocycles. The van der Waals surface area contributed by atoms with Gasteiger partial charge in [0.25, 0.3) is 10.0 Å².